The Labute approximate surface area is 140 Å². The zero-order valence-electron chi connectivity index (χ0n) is 13.6. The molecule has 24 heavy (non-hydrogen) atoms. The quantitative estimate of drug-likeness (QED) is 0.782. The van der Waals surface area contributed by atoms with Gasteiger partial charge >= 0.3 is 5.97 Å². The minimum atomic E-state index is -0.546. The van der Waals surface area contributed by atoms with Crippen LogP contribution in [-0.2, 0) is 9.63 Å². The number of imide groups is 1. The molecule has 126 valence electrons. The number of carbonyl (C=O) groups is 3. The molecule has 0 saturated heterocycles. The van der Waals surface area contributed by atoms with E-state index in [1.165, 1.54) is 25.7 Å². The summed E-state index contributed by atoms with van der Waals surface area (Å²) in [7, 11) is 0. The molecule has 5 nitrogen and oxygen atoms in total. The van der Waals surface area contributed by atoms with Crippen LogP contribution in [0.15, 0.2) is 24.3 Å². The van der Waals surface area contributed by atoms with E-state index in [0.717, 1.165) is 25.2 Å². The number of hydroxylamine groups is 2. The second-order valence-electron chi connectivity index (χ2n) is 7.18. The van der Waals surface area contributed by atoms with Crippen LogP contribution >= 0.6 is 0 Å². The minimum absolute atomic E-state index is 0.200. The molecule has 1 aromatic carbocycles. The molecule has 1 heterocycles. The number of nitrogens with zero attached hydrogens (tertiary/aromatic N) is 1. The van der Waals surface area contributed by atoms with Crippen LogP contribution in [0.3, 0.4) is 0 Å². The first kappa shape index (κ1) is 15.4. The number of carbonyl (C=O) groups excluding carboxylic acids is 3. The predicted octanol–water partition coefficient (Wildman–Crippen LogP) is 3.35. The second-order valence-corrected chi connectivity index (χ2v) is 7.18. The third kappa shape index (κ3) is 2.52. The van der Waals surface area contributed by atoms with E-state index in [2.05, 4.69) is 0 Å². The lowest BCUT2D eigenvalue weighted by Gasteiger charge is -2.38. The molecule has 2 saturated carbocycles. The van der Waals surface area contributed by atoms with E-state index in [-0.39, 0.29) is 5.92 Å². The first-order valence-corrected chi connectivity index (χ1v) is 8.85. The van der Waals surface area contributed by atoms with Gasteiger partial charge in [0, 0.05) is 0 Å². The molecule has 2 amide bonds. The topological polar surface area (TPSA) is 63.7 Å². The standard InChI is InChI=1S/C19H21NO4/c21-17-15-7-3-4-8-16(15)18(22)20(17)24-19(23)14-10-9-12-5-1-2-6-13(12)11-14/h3-4,7-8,12-14H,1-2,5-6,9-11H2. The molecule has 5 heteroatoms. The Morgan fingerprint density at radius 1 is 0.917 bits per heavy atom. The maximum Gasteiger partial charge on any atom is 0.336 e. The molecule has 2 fully saturated rings. The highest BCUT2D eigenvalue weighted by atomic mass is 16.7. The smallest absolute Gasteiger partial charge is 0.329 e. The van der Waals surface area contributed by atoms with Crippen LogP contribution in [0.4, 0.5) is 0 Å². The molecule has 3 aliphatic rings. The summed E-state index contributed by atoms with van der Waals surface area (Å²) in [6.07, 6.45) is 7.65. The van der Waals surface area contributed by atoms with Crippen molar-refractivity contribution in [2.75, 3.05) is 0 Å². The summed E-state index contributed by atoms with van der Waals surface area (Å²) in [5.41, 5.74) is 0.595. The minimum Gasteiger partial charge on any atom is -0.329 e. The van der Waals surface area contributed by atoms with Crippen molar-refractivity contribution in [1.82, 2.24) is 5.06 Å². The third-order valence-corrected chi connectivity index (χ3v) is 5.81. The van der Waals surface area contributed by atoms with Gasteiger partial charge in [-0.15, -0.1) is 0 Å². The predicted molar refractivity (Wildman–Crippen MR) is 85.8 cm³/mol. The Kier molecular flexibility index (Phi) is 3.87. The van der Waals surface area contributed by atoms with Crippen LogP contribution in [0.25, 0.3) is 0 Å². The fraction of sp³-hybridized carbons (Fsp3) is 0.526. The van der Waals surface area contributed by atoms with Crippen molar-refractivity contribution in [2.45, 2.75) is 44.9 Å². The lowest BCUT2D eigenvalue weighted by molar-refractivity contribution is -0.176. The first-order valence-electron chi connectivity index (χ1n) is 8.85. The van der Waals surface area contributed by atoms with Gasteiger partial charge in [0.05, 0.1) is 17.0 Å². The summed E-state index contributed by atoms with van der Waals surface area (Å²) in [4.78, 5) is 42.3. The first-order chi connectivity index (χ1) is 11.6. The highest BCUT2D eigenvalue weighted by Gasteiger charge is 2.41. The SMILES string of the molecule is O=C(ON1C(=O)c2ccccc2C1=O)C1CCC2CCCCC2C1. The number of fused-ring (bicyclic) bond motifs is 2. The Bertz CT molecular complexity index is 663. The van der Waals surface area contributed by atoms with E-state index in [1.807, 2.05) is 0 Å². The zero-order chi connectivity index (χ0) is 16.7. The molecular weight excluding hydrogens is 306 g/mol. The molecule has 0 aromatic heterocycles. The fourth-order valence-electron chi connectivity index (χ4n) is 4.50. The summed E-state index contributed by atoms with van der Waals surface area (Å²) < 4.78 is 0. The Hall–Kier alpha value is -2.17. The largest absolute Gasteiger partial charge is 0.336 e. The van der Waals surface area contributed by atoms with Crippen LogP contribution in [-0.4, -0.2) is 22.8 Å². The molecule has 0 radical (unpaired) electrons. The molecule has 1 aromatic rings. The monoisotopic (exact) mass is 327 g/mol. The summed E-state index contributed by atoms with van der Waals surface area (Å²) in [5.74, 6) is -0.401. The summed E-state index contributed by atoms with van der Waals surface area (Å²) in [5, 5.41) is 0.639. The van der Waals surface area contributed by atoms with Gasteiger partial charge in [-0.3, -0.25) is 9.59 Å². The van der Waals surface area contributed by atoms with Gasteiger partial charge in [0.25, 0.3) is 11.8 Å². The van der Waals surface area contributed by atoms with Crippen molar-refractivity contribution in [3.8, 4) is 0 Å². The van der Waals surface area contributed by atoms with Crippen LogP contribution < -0.4 is 0 Å². The van der Waals surface area contributed by atoms with Crippen LogP contribution in [0.2, 0.25) is 0 Å². The lowest BCUT2D eigenvalue weighted by Crippen LogP contribution is -2.38. The number of hydrogen-bond acceptors (Lipinski definition) is 4. The number of benzene rings is 1. The lowest BCUT2D eigenvalue weighted by atomic mass is 9.67. The average molecular weight is 327 g/mol. The maximum atomic E-state index is 12.5. The zero-order valence-corrected chi connectivity index (χ0v) is 13.6. The van der Waals surface area contributed by atoms with E-state index < -0.39 is 17.8 Å². The Balaban J connectivity index is 1.44. The molecule has 3 atom stereocenters. The van der Waals surface area contributed by atoms with E-state index >= 15 is 0 Å². The van der Waals surface area contributed by atoms with E-state index in [9.17, 15) is 14.4 Å². The average Bonchev–Trinajstić information content (AvgIpc) is 2.86. The van der Waals surface area contributed by atoms with Gasteiger partial charge in [-0.25, -0.2) is 4.79 Å². The molecule has 3 unspecified atom stereocenters. The summed E-state index contributed by atoms with van der Waals surface area (Å²) >= 11 is 0. The highest BCUT2D eigenvalue weighted by Crippen LogP contribution is 2.43. The van der Waals surface area contributed by atoms with Crippen LogP contribution in [0, 0.1) is 17.8 Å². The maximum absolute atomic E-state index is 12.5. The number of hydrogen-bond donors (Lipinski definition) is 0. The van der Waals surface area contributed by atoms with Crippen LogP contribution in [0.5, 0.6) is 0 Å². The van der Waals surface area contributed by atoms with Crippen molar-refractivity contribution in [3.05, 3.63) is 35.4 Å². The molecule has 0 spiro atoms. The van der Waals surface area contributed by atoms with Crippen molar-refractivity contribution in [1.29, 1.82) is 0 Å². The van der Waals surface area contributed by atoms with Gasteiger partial charge in [0.15, 0.2) is 0 Å². The fourth-order valence-corrected chi connectivity index (χ4v) is 4.50. The Morgan fingerprint density at radius 3 is 2.21 bits per heavy atom. The highest BCUT2D eigenvalue weighted by molar-refractivity contribution is 6.20. The molecule has 1 aliphatic heterocycles. The van der Waals surface area contributed by atoms with Gasteiger partial charge < -0.3 is 4.84 Å². The van der Waals surface area contributed by atoms with Crippen molar-refractivity contribution in [3.63, 3.8) is 0 Å². The second kappa shape index (κ2) is 6.04. The van der Waals surface area contributed by atoms with E-state index in [0.29, 0.717) is 22.1 Å². The summed E-state index contributed by atoms with van der Waals surface area (Å²) in [6, 6.07) is 6.55. The van der Waals surface area contributed by atoms with Gasteiger partial charge in [-0.1, -0.05) is 42.9 Å². The number of rotatable bonds is 2. The van der Waals surface area contributed by atoms with Gasteiger partial charge in [0.2, 0.25) is 0 Å². The molecule has 2 aliphatic carbocycles. The Morgan fingerprint density at radius 2 is 1.54 bits per heavy atom. The number of amides is 2. The molecule has 0 bridgehead atoms. The van der Waals surface area contributed by atoms with Gasteiger partial charge in [0.1, 0.15) is 0 Å². The third-order valence-electron chi connectivity index (χ3n) is 5.81. The van der Waals surface area contributed by atoms with Gasteiger partial charge in [-0.2, -0.15) is 0 Å². The van der Waals surface area contributed by atoms with E-state index in [1.54, 1.807) is 24.3 Å². The normalized spacial score (nSPS) is 29.2. The molecule has 4 rings (SSSR count). The van der Waals surface area contributed by atoms with Gasteiger partial charge in [-0.05, 0) is 43.2 Å². The van der Waals surface area contributed by atoms with Crippen molar-refractivity contribution < 1.29 is 19.2 Å². The van der Waals surface area contributed by atoms with Crippen molar-refractivity contribution in [2.24, 2.45) is 17.8 Å². The molecular formula is C19H21NO4. The van der Waals surface area contributed by atoms with Crippen LogP contribution in [0.1, 0.15) is 65.7 Å². The van der Waals surface area contributed by atoms with Crippen molar-refractivity contribution >= 4 is 17.8 Å². The molecule has 0 N–H and O–H groups in total. The van der Waals surface area contributed by atoms with E-state index in [4.69, 9.17) is 4.84 Å². The summed E-state index contributed by atoms with van der Waals surface area (Å²) in [6.45, 7) is 0.